The van der Waals surface area contributed by atoms with Gasteiger partial charge in [0.25, 0.3) is 0 Å². The van der Waals surface area contributed by atoms with Gasteiger partial charge in [-0.15, -0.1) is 0 Å². The molecule has 1 fully saturated rings. The van der Waals surface area contributed by atoms with Gasteiger partial charge in [-0.1, -0.05) is 23.7 Å². The summed E-state index contributed by atoms with van der Waals surface area (Å²) in [5.74, 6) is -0.117. The van der Waals surface area contributed by atoms with Crippen molar-refractivity contribution in [3.05, 3.63) is 53.6 Å². The first-order valence-corrected chi connectivity index (χ1v) is 8.31. The number of amides is 1. The first-order valence-electron chi connectivity index (χ1n) is 7.93. The van der Waals surface area contributed by atoms with Crippen molar-refractivity contribution in [1.29, 1.82) is 0 Å². The standard InChI is InChI=1S/C18H20ClN3O2/c19-16-3-1-2-4-17(16)20-13-18(23)21-14-5-7-15(8-6-14)22-9-11-24-12-10-22/h1-8,20H,9-13H2,(H,21,23). The average molecular weight is 346 g/mol. The highest BCUT2D eigenvalue weighted by Crippen LogP contribution is 2.21. The smallest absolute Gasteiger partial charge is 0.243 e. The minimum absolute atomic E-state index is 0.117. The molecular formula is C18H20ClN3O2. The topological polar surface area (TPSA) is 53.6 Å². The second-order valence-electron chi connectivity index (χ2n) is 5.53. The maximum absolute atomic E-state index is 12.0. The Kier molecular flexibility index (Phi) is 5.56. The molecule has 0 saturated carbocycles. The highest BCUT2D eigenvalue weighted by Gasteiger charge is 2.11. The lowest BCUT2D eigenvalue weighted by Gasteiger charge is -2.28. The van der Waals surface area contributed by atoms with Crippen molar-refractivity contribution in [2.45, 2.75) is 0 Å². The summed E-state index contributed by atoms with van der Waals surface area (Å²) in [6.07, 6.45) is 0. The normalized spacial score (nSPS) is 14.3. The summed E-state index contributed by atoms with van der Waals surface area (Å²) in [6.45, 7) is 3.47. The van der Waals surface area contributed by atoms with Crippen molar-refractivity contribution < 1.29 is 9.53 Å². The minimum atomic E-state index is -0.117. The molecular weight excluding hydrogens is 326 g/mol. The number of halogens is 1. The zero-order valence-corrected chi connectivity index (χ0v) is 14.1. The lowest BCUT2D eigenvalue weighted by atomic mass is 10.2. The fourth-order valence-electron chi connectivity index (χ4n) is 2.56. The number of anilines is 3. The number of carbonyl (C=O) groups is 1. The Morgan fingerprint density at radius 1 is 1.08 bits per heavy atom. The maximum Gasteiger partial charge on any atom is 0.243 e. The van der Waals surface area contributed by atoms with Gasteiger partial charge in [-0.3, -0.25) is 4.79 Å². The van der Waals surface area contributed by atoms with Crippen molar-refractivity contribution in [3.8, 4) is 0 Å². The van der Waals surface area contributed by atoms with Crippen molar-refractivity contribution in [1.82, 2.24) is 0 Å². The Bertz CT molecular complexity index is 685. The summed E-state index contributed by atoms with van der Waals surface area (Å²) in [5.41, 5.74) is 2.67. The summed E-state index contributed by atoms with van der Waals surface area (Å²) in [6, 6.07) is 15.2. The van der Waals surface area contributed by atoms with Crippen molar-refractivity contribution in [2.75, 3.05) is 48.4 Å². The van der Waals surface area contributed by atoms with Gasteiger partial charge in [0.05, 0.1) is 30.5 Å². The first-order chi connectivity index (χ1) is 11.7. The van der Waals surface area contributed by atoms with Gasteiger partial charge < -0.3 is 20.3 Å². The van der Waals surface area contributed by atoms with E-state index in [-0.39, 0.29) is 12.5 Å². The van der Waals surface area contributed by atoms with Crippen LogP contribution in [0.15, 0.2) is 48.5 Å². The summed E-state index contributed by atoms with van der Waals surface area (Å²) in [7, 11) is 0. The molecule has 0 unspecified atom stereocenters. The van der Waals surface area contributed by atoms with Crippen LogP contribution in [0.25, 0.3) is 0 Å². The van der Waals surface area contributed by atoms with Crippen molar-refractivity contribution in [3.63, 3.8) is 0 Å². The number of rotatable bonds is 5. The van der Waals surface area contributed by atoms with Crippen LogP contribution in [0.5, 0.6) is 0 Å². The molecule has 2 aromatic rings. The van der Waals surface area contributed by atoms with Gasteiger partial charge in [0.15, 0.2) is 0 Å². The molecule has 126 valence electrons. The molecule has 1 heterocycles. The summed E-state index contributed by atoms with van der Waals surface area (Å²) in [5, 5.41) is 6.50. The zero-order valence-electron chi connectivity index (χ0n) is 13.3. The molecule has 1 aliphatic rings. The van der Waals surface area contributed by atoms with Crippen LogP contribution in [0.4, 0.5) is 17.1 Å². The van der Waals surface area contributed by atoms with E-state index in [1.165, 1.54) is 0 Å². The van der Waals surface area contributed by atoms with Crippen LogP contribution in [0.1, 0.15) is 0 Å². The first kappa shape index (κ1) is 16.6. The van der Waals surface area contributed by atoms with E-state index in [0.29, 0.717) is 5.02 Å². The summed E-state index contributed by atoms with van der Waals surface area (Å²) in [4.78, 5) is 14.3. The monoisotopic (exact) mass is 345 g/mol. The van der Waals surface area contributed by atoms with Crippen LogP contribution in [0.3, 0.4) is 0 Å². The molecule has 0 bridgehead atoms. The van der Waals surface area contributed by atoms with Gasteiger partial charge in [-0.25, -0.2) is 0 Å². The number of hydrogen-bond acceptors (Lipinski definition) is 4. The Balaban J connectivity index is 1.52. The van der Waals surface area contributed by atoms with Crippen LogP contribution < -0.4 is 15.5 Å². The van der Waals surface area contributed by atoms with Gasteiger partial charge >= 0.3 is 0 Å². The Labute approximate surface area is 146 Å². The number of nitrogens with one attached hydrogen (secondary N) is 2. The maximum atomic E-state index is 12.0. The molecule has 6 heteroatoms. The molecule has 5 nitrogen and oxygen atoms in total. The van der Waals surface area contributed by atoms with E-state index in [9.17, 15) is 4.79 Å². The van der Waals surface area contributed by atoms with Crippen LogP contribution in [-0.4, -0.2) is 38.8 Å². The van der Waals surface area contributed by atoms with E-state index in [2.05, 4.69) is 15.5 Å². The van der Waals surface area contributed by atoms with Crippen molar-refractivity contribution >= 4 is 34.6 Å². The van der Waals surface area contributed by atoms with Crippen LogP contribution in [0.2, 0.25) is 5.02 Å². The van der Waals surface area contributed by atoms with Gasteiger partial charge in [0.2, 0.25) is 5.91 Å². The summed E-state index contributed by atoms with van der Waals surface area (Å²) >= 11 is 6.05. The molecule has 24 heavy (non-hydrogen) atoms. The number of benzene rings is 2. The third-order valence-electron chi connectivity index (χ3n) is 3.84. The largest absolute Gasteiger partial charge is 0.378 e. The fraction of sp³-hybridized carbons (Fsp3) is 0.278. The van der Waals surface area contributed by atoms with Crippen LogP contribution >= 0.6 is 11.6 Å². The third kappa shape index (κ3) is 4.40. The third-order valence-corrected chi connectivity index (χ3v) is 4.17. The summed E-state index contributed by atoms with van der Waals surface area (Å²) < 4.78 is 5.35. The second kappa shape index (κ2) is 8.04. The van der Waals surface area contributed by atoms with Gasteiger partial charge in [0, 0.05) is 24.5 Å². The van der Waals surface area contributed by atoms with E-state index in [1.807, 2.05) is 42.5 Å². The number of ether oxygens (including phenoxy) is 1. The molecule has 0 atom stereocenters. The minimum Gasteiger partial charge on any atom is -0.378 e. The number of carbonyl (C=O) groups excluding carboxylic acids is 1. The molecule has 1 saturated heterocycles. The molecule has 3 rings (SSSR count). The average Bonchev–Trinajstić information content (AvgIpc) is 2.62. The molecule has 0 aliphatic carbocycles. The van der Waals surface area contributed by atoms with E-state index < -0.39 is 0 Å². The molecule has 2 N–H and O–H groups in total. The Morgan fingerprint density at radius 2 is 1.79 bits per heavy atom. The number of nitrogens with zero attached hydrogens (tertiary/aromatic N) is 1. The predicted molar refractivity (Wildman–Crippen MR) is 98.0 cm³/mol. The van der Waals surface area contributed by atoms with Gasteiger partial charge in [-0.2, -0.15) is 0 Å². The van der Waals surface area contributed by atoms with Gasteiger partial charge in [-0.05, 0) is 36.4 Å². The molecule has 1 amide bonds. The van der Waals surface area contributed by atoms with Crippen molar-refractivity contribution in [2.24, 2.45) is 0 Å². The SMILES string of the molecule is O=C(CNc1ccccc1Cl)Nc1ccc(N2CCOCC2)cc1. The van der Waals surface area contributed by atoms with E-state index in [1.54, 1.807) is 6.07 Å². The zero-order chi connectivity index (χ0) is 16.8. The van der Waals surface area contributed by atoms with E-state index in [4.69, 9.17) is 16.3 Å². The number of para-hydroxylation sites is 1. The molecule has 0 spiro atoms. The lowest BCUT2D eigenvalue weighted by molar-refractivity contribution is -0.114. The number of morpholine rings is 1. The highest BCUT2D eigenvalue weighted by atomic mass is 35.5. The predicted octanol–water partition coefficient (Wildman–Crippen LogP) is 3.23. The quantitative estimate of drug-likeness (QED) is 0.873. The van der Waals surface area contributed by atoms with E-state index >= 15 is 0 Å². The Hall–Kier alpha value is -2.24. The molecule has 1 aliphatic heterocycles. The van der Waals surface area contributed by atoms with Gasteiger partial charge in [0.1, 0.15) is 0 Å². The molecule has 2 aromatic carbocycles. The van der Waals surface area contributed by atoms with Crippen LogP contribution in [0, 0.1) is 0 Å². The fourth-order valence-corrected chi connectivity index (χ4v) is 2.76. The highest BCUT2D eigenvalue weighted by molar-refractivity contribution is 6.33. The van der Waals surface area contributed by atoms with E-state index in [0.717, 1.165) is 43.4 Å². The van der Waals surface area contributed by atoms with Crippen LogP contribution in [-0.2, 0) is 9.53 Å². The molecule has 0 radical (unpaired) electrons. The lowest BCUT2D eigenvalue weighted by Crippen LogP contribution is -2.36. The Morgan fingerprint density at radius 3 is 2.50 bits per heavy atom. The number of hydrogen-bond donors (Lipinski definition) is 2. The second-order valence-corrected chi connectivity index (χ2v) is 5.94. The molecule has 0 aromatic heterocycles.